The molecule has 0 saturated carbocycles. The third-order valence-corrected chi connectivity index (χ3v) is 3.99. The zero-order valence-corrected chi connectivity index (χ0v) is 13.9. The van der Waals surface area contributed by atoms with E-state index in [1.807, 2.05) is 12.4 Å². The first-order valence-corrected chi connectivity index (χ1v) is 7.73. The van der Waals surface area contributed by atoms with Crippen LogP contribution in [-0.2, 0) is 11.3 Å². The standard InChI is InChI=1S/C16H28N4O/c1-12-6-7-20(11-14(12)21-5)15-10-17-8-13(19-15)9-18-16(2,3)4/h8,10,12,14,18H,6-7,9,11H2,1-5H3. The van der Waals surface area contributed by atoms with Gasteiger partial charge < -0.3 is 15.0 Å². The molecule has 0 aromatic carbocycles. The van der Waals surface area contributed by atoms with Crippen LogP contribution in [0.3, 0.4) is 0 Å². The molecule has 1 aromatic heterocycles. The van der Waals surface area contributed by atoms with Gasteiger partial charge in [-0.1, -0.05) is 6.92 Å². The van der Waals surface area contributed by atoms with E-state index in [4.69, 9.17) is 9.72 Å². The number of nitrogens with one attached hydrogen (secondary N) is 1. The van der Waals surface area contributed by atoms with Crippen molar-refractivity contribution in [2.24, 2.45) is 5.92 Å². The van der Waals surface area contributed by atoms with Crippen LogP contribution in [0.25, 0.3) is 0 Å². The molecule has 21 heavy (non-hydrogen) atoms. The molecular weight excluding hydrogens is 264 g/mol. The molecule has 0 bridgehead atoms. The number of nitrogens with zero attached hydrogens (tertiary/aromatic N) is 3. The minimum Gasteiger partial charge on any atom is -0.379 e. The lowest BCUT2D eigenvalue weighted by molar-refractivity contribution is 0.0496. The van der Waals surface area contributed by atoms with Crippen LogP contribution in [0.2, 0.25) is 0 Å². The average molecular weight is 292 g/mol. The SMILES string of the molecule is COC1CN(c2cncc(CNC(C)(C)C)n2)CCC1C. The van der Waals surface area contributed by atoms with Gasteiger partial charge >= 0.3 is 0 Å². The van der Waals surface area contributed by atoms with Gasteiger partial charge in [0.1, 0.15) is 5.82 Å². The normalized spacial score (nSPS) is 23.4. The Bertz CT molecular complexity index is 458. The van der Waals surface area contributed by atoms with Crippen LogP contribution in [0.4, 0.5) is 5.82 Å². The molecule has 2 heterocycles. The summed E-state index contributed by atoms with van der Waals surface area (Å²) in [5, 5.41) is 3.45. The molecule has 118 valence electrons. The predicted octanol–water partition coefficient (Wildman–Crippen LogP) is 2.23. The van der Waals surface area contributed by atoms with Gasteiger partial charge in [-0.15, -0.1) is 0 Å². The molecule has 1 saturated heterocycles. The second kappa shape index (κ2) is 6.71. The van der Waals surface area contributed by atoms with Gasteiger partial charge in [0, 0.05) is 38.5 Å². The Hall–Kier alpha value is -1.20. The van der Waals surface area contributed by atoms with Crippen LogP contribution in [-0.4, -0.2) is 41.8 Å². The fourth-order valence-corrected chi connectivity index (χ4v) is 2.54. The molecule has 1 aliphatic rings. The van der Waals surface area contributed by atoms with E-state index in [2.05, 4.69) is 42.9 Å². The maximum atomic E-state index is 5.58. The zero-order valence-electron chi connectivity index (χ0n) is 13.9. The largest absolute Gasteiger partial charge is 0.379 e. The number of rotatable bonds is 4. The maximum absolute atomic E-state index is 5.58. The van der Waals surface area contributed by atoms with Crippen LogP contribution < -0.4 is 10.2 Å². The molecule has 1 N–H and O–H groups in total. The van der Waals surface area contributed by atoms with E-state index in [-0.39, 0.29) is 11.6 Å². The molecule has 1 fully saturated rings. The highest BCUT2D eigenvalue weighted by Crippen LogP contribution is 2.23. The van der Waals surface area contributed by atoms with Crippen molar-refractivity contribution in [2.45, 2.75) is 52.3 Å². The summed E-state index contributed by atoms with van der Waals surface area (Å²) in [5.74, 6) is 1.56. The van der Waals surface area contributed by atoms with Crippen molar-refractivity contribution in [1.82, 2.24) is 15.3 Å². The number of piperidine rings is 1. The maximum Gasteiger partial charge on any atom is 0.147 e. The van der Waals surface area contributed by atoms with Crippen molar-refractivity contribution in [1.29, 1.82) is 0 Å². The van der Waals surface area contributed by atoms with E-state index in [0.29, 0.717) is 5.92 Å². The molecule has 1 aliphatic heterocycles. The summed E-state index contributed by atoms with van der Waals surface area (Å²) >= 11 is 0. The van der Waals surface area contributed by atoms with Gasteiger partial charge in [-0.2, -0.15) is 0 Å². The van der Waals surface area contributed by atoms with E-state index in [9.17, 15) is 0 Å². The minimum atomic E-state index is 0.0827. The third-order valence-electron chi connectivity index (χ3n) is 3.99. The van der Waals surface area contributed by atoms with Crippen molar-refractivity contribution in [2.75, 3.05) is 25.1 Å². The van der Waals surface area contributed by atoms with Gasteiger partial charge in [-0.25, -0.2) is 4.98 Å². The summed E-state index contributed by atoms with van der Waals surface area (Å²) in [6.45, 7) is 11.4. The first-order chi connectivity index (χ1) is 9.89. The lowest BCUT2D eigenvalue weighted by atomic mass is 9.96. The predicted molar refractivity (Wildman–Crippen MR) is 85.4 cm³/mol. The lowest BCUT2D eigenvalue weighted by Gasteiger charge is -2.36. The van der Waals surface area contributed by atoms with Crippen LogP contribution in [0, 0.1) is 5.92 Å². The van der Waals surface area contributed by atoms with Crippen LogP contribution >= 0.6 is 0 Å². The minimum absolute atomic E-state index is 0.0827. The molecule has 0 aliphatic carbocycles. The van der Waals surface area contributed by atoms with Crippen LogP contribution in [0.15, 0.2) is 12.4 Å². The number of methoxy groups -OCH3 is 1. The fourth-order valence-electron chi connectivity index (χ4n) is 2.54. The Balaban J connectivity index is 2.03. The van der Waals surface area contributed by atoms with Crippen molar-refractivity contribution in [3.05, 3.63) is 18.1 Å². The zero-order chi connectivity index (χ0) is 15.5. The van der Waals surface area contributed by atoms with E-state index < -0.39 is 0 Å². The van der Waals surface area contributed by atoms with Gasteiger partial charge in [0.15, 0.2) is 0 Å². The van der Waals surface area contributed by atoms with E-state index in [0.717, 1.165) is 37.6 Å². The third kappa shape index (κ3) is 4.64. The van der Waals surface area contributed by atoms with Crippen molar-refractivity contribution < 1.29 is 4.74 Å². The number of aromatic nitrogens is 2. The highest BCUT2D eigenvalue weighted by Gasteiger charge is 2.27. The molecule has 0 radical (unpaired) electrons. The Labute approximate surface area is 128 Å². The van der Waals surface area contributed by atoms with Gasteiger partial charge in [0.05, 0.1) is 18.0 Å². The van der Waals surface area contributed by atoms with E-state index >= 15 is 0 Å². The molecule has 5 nitrogen and oxygen atoms in total. The van der Waals surface area contributed by atoms with Crippen molar-refractivity contribution >= 4 is 5.82 Å². The van der Waals surface area contributed by atoms with Gasteiger partial charge in [0.2, 0.25) is 0 Å². The lowest BCUT2D eigenvalue weighted by Crippen LogP contribution is -2.44. The summed E-state index contributed by atoms with van der Waals surface area (Å²) in [6, 6.07) is 0. The second-order valence-corrected chi connectivity index (χ2v) is 6.96. The van der Waals surface area contributed by atoms with Crippen molar-refractivity contribution in [3.8, 4) is 0 Å². The van der Waals surface area contributed by atoms with Crippen molar-refractivity contribution in [3.63, 3.8) is 0 Å². The van der Waals surface area contributed by atoms with Gasteiger partial charge in [0.25, 0.3) is 0 Å². The fraction of sp³-hybridized carbons (Fsp3) is 0.750. The smallest absolute Gasteiger partial charge is 0.147 e. The molecule has 5 heteroatoms. The molecular formula is C16H28N4O. The number of hydrogen-bond acceptors (Lipinski definition) is 5. The molecule has 1 aromatic rings. The quantitative estimate of drug-likeness (QED) is 0.922. The van der Waals surface area contributed by atoms with E-state index in [1.165, 1.54) is 0 Å². The second-order valence-electron chi connectivity index (χ2n) is 6.96. The first kappa shape index (κ1) is 16.2. The molecule has 2 rings (SSSR count). The highest BCUT2D eigenvalue weighted by atomic mass is 16.5. The first-order valence-electron chi connectivity index (χ1n) is 7.73. The van der Waals surface area contributed by atoms with Gasteiger partial charge in [-0.05, 0) is 33.1 Å². The Kier molecular flexibility index (Phi) is 5.17. The molecule has 0 amide bonds. The Morgan fingerprint density at radius 1 is 1.38 bits per heavy atom. The summed E-state index contributed by atoms with van der Waals surface area (Å²) in [7, 11) is 1.79. The van der Waals surface area contributed by atoms with E-state index in [1.54, 1.807) is 7.11 Å². The van der Waals surface area contributed by atoms with Crippen LogP contribution in [0.5, 0.6) is 0 Å². The molecule has 2 unspecified atom stereocenters. The topological polar surface area (TPSA) is 50.3 Å². The summed E-state index contributed by atoms with van der Waals surface area (Å²) < 4.78 is 5.58. The summed E-state index contributed by atoms with van der Waals surface area (Å²) in [5.41, 5.74) is 1.06. The summed E-state index contributed by atoms with van der Waals surface area (Å²) in [6.07, 6.45) is 5.09. The van der Waals surface area contributed by atoms with Crippen LogP contribution in [0.1, 0.15) is 39.8 Å². The summed E-state index contributed by atoms with van der Waals surface area (Å²) in [4.78, 5) is 11.4. The Morgan fingerprint density at radius 2 is 2.14 bits per heavy atom. The number of anilines is 1. The number of ether oxygens (including phenoxy) is 1. The highest BCUT2D eigenvalue weighted by molar-refractivity contribution is 5.37. The monoisotopic (exact) mass is 292 g/mol. The number of hydrogen-bond donors (Lipinski definition) is 1. The average Bonchev–Trinajstić information content (AvgIpc) is 2.45. The van der Waals surface area contributed by atoms with Gasteiger partial charge in [-0.3, -0.25) is 4.98 Å². The molecule has 2 atom stereocenters. The Morgan fingerprint density at radius 3 is 2.81 bits per heavy atom. The molecule has 0 spiro atoms.